The monoisotopic (exact) mass is 297 g/mol. The van der Waals surface area contributed by atoms with Crippen LogP contribution in [0, 0.1) is 0 Å². The second-order valence-electron chi connectivity index (χ2n) is 4.81. The van der Waals surface area contributed by atoms with Crippen molar-refractivity contribution >= 4 is 21.9 Å². The van der Waals surface area contributed by atoms with Crippen molar-refractivity contribution in [2.24, 2.45) is 5.73 Å². The van der Waals surface area contributed by atoms with Gasteiger partial charge in [0.1, 0.15) is 5.54 Å². The van der Waals surface area contributed by atoms with Gasteiger partial charge in [-0.05, 0) is 38.0 Å². The fourth-order valence-corrected chi connectivity index (χ4v) is 2.38. The first-order valence-corrected chi connectivity index (χ1v) is 6.48. The predicted octanol–water partition coefficient (Wildman–Crippen LogP) is 2.59. The smallest absolute Gasteiger partial charge is 0.327 e. The Morgan fingerprint density at radius 1 is 1.59 bits per heavy atom. The van der Waals surface area contributed by atoms with Gasteiger partial charge in [-0.3, -0.25) is 4.79 Å². The van der Waals surface area contributed by atoms with Gasteiger partial charge < -0.3 is 10.5 Å². The van der Waals surface area contributed by atoms with Crippen LogP contribution in [-0.2, 0) is 9.53 Å². The zero-order valence-electron chi connectivity index (χ0n) is 9.94. The van der Waals surface area contributed by atoms with Crippen LogP contribution in [0.3, 0.4) is 0 Å². The molecule has 4 heteroatoms. The first kappa shape index (κ1) is 12.6. The number of nitrogens with two attached hydrogens (primary N) is 1. The van der Waals surface area contributed by atoms with Crippen LogP contribution in [0.25, 0.3) is 0 Å². The average Bonchev–Trinajstić information content (AvgIpc) is 2.91. The lowest BCUT2D eigenvalue weighted by Gasteiger charge is -2.14. The molecule has 0 heterocycles. The Labute approximate surface area is 109 Å². The Kier molecular flexibility index (Phi) is 3.27. The van der Waals surface area contributed by atoms with E-state index >= 15 is 0 Å². The van der Waals surface area contributed by atoms with Crippen LogP contribution in [0.1, 0.15) is 31.7 Å². The lowest BCUT2D eigenvalue weighted by molar-refractivity contribution is -0.150. The van der Waals surface area contributed by atoms with Crippen molar-refractivity contribution in [1.82, 2.24) is 0 Å². The van der Waals surface area contributed by atoms with Crippen LogP contribution in [0.5, 0.6) is 0 Å². The van der Waals surface area contributed by atoms with Crippen molar-refractivity contribution in [3.63, 3.8) is 0 Å². The molecule has 17 heavy (non-hydrogen) atoms. The number of hydrogen-bond acceptors (Lipinski definition) is 3. The summed E-state index contributed by atoms with van der Waals surface area (Å²) in [4.78, 5) is 11.8. The van der Waals surface area contributed by atoms with E-state index in [1.807, 2.05) is 38.1 Å². The summed E-state index contributed by atoms with van der Waals surface area (Å²) in [5.41, 5.74) is 6.33. The Bertz CT molecular complexity index is 447. The summed E-state index contributed by atoms with van der Waals surface area (Å²) in [5.74, 6) is -0.219. The van der Waals surface area contributed by atoms with Gasteiger partial charge in [-0.2, -0.15) is 0 Å². The molecule has 0 bridgehead atoms. The molecule has 0 saturated heterocycles. The van der Waals surface area contributed by atoms with Crippen molar-refractivity contribution in [1.29, 1.82) is 0 Å². The van der Waals surface area contributed by atoms with Crippen LogP contribution in [0.2, 0.25) is 0 Å². The third-order valence-corrected chi connectivity index (χ3v) is 3.47. The number of ether oxygens (including phenoxy) is 1. The number of carbonyl (C=O) groups is 1. The average molecular weight is 298 g/mol. The van der Waals surface area contributed by atoms with Gasteiger partial charge in [-0.25, -0.2) is 0 Å². The van der Waals surface area contributed by atoms with Crippen LogP contribution in [0.15, 0.2) is 28.7 Å². The van der Waals surface area contributed by atoms with Crippen molar-refractivity contribution in [3.05, 3.63) is 34.3 Å². The molecule has 2 N–H and O–H groups in total. The molecule has 2 unspecified atom stereocenters. The molecule has 92 valence electrons. The van der Waals surface area contributed by atoms with Crippen molar-refractivity contribution < 1.29 is 9.53 Å². The summed E-state index contributed by atoms with van der Waals surface area (Å²) in [7, 11) is 0. The minimum atomic E-state index is -0.828. The van der Waals surface area contributed by atoms with E-state index in [0.717, 1.165) is 10.0 Å². The zero-order chi connectivity index (χ0) is 12.6. The van der Waals surface area contributed by atoms with E-state index < -0.39 is 5.54 Å². The molecule has 0 aromatic heterocycles. The Balaban J connectivity index is 2.11. The fraction of sp³-hybridized carbons (Fsp3) is 0.462. The quantitative estimate of drug-likeness (QED) is 0.873. The van der Waals surface area contributed by atoms with E-state index in [0.29, 0.717) is 6.42 Å². The summed E-state index contributed by atoms with van der Waals surface area (Å²) < 4.78 is 6.18. The maximum atomic E-state index is 11.8. The van der Waals surface area contributed by atoms with E-state index in [1.54, 1.807) is 0 Å². The molecule has 2 atom stereocenters. The standard InChI is InChI=1S/C13H16BrNO2/c1-8(2)17-12(16)13(15)7-11(13)9-4-3-5-10(14)6-9/h3-6,8,11H,7,15H2,1-2H3. The fourth-order valence-electron chi connectivity index (χ4n) is 1.97. The van der Waals surface area contributed by atoms with Gasteiger partial charge in [-0.1, -0.05) is 28.1 Å². The molecule has 1 fully saturated rings. The number of hydrogen-bond donors (Lipinski definition) is 1. The molecular formula is C13H16BrNO2. The van der Waals surface area contributed by atoms with Gasteiger partial charge in [0.2, 0.25) is 0 Å². The lowest BCUT2D eigenvalue weighted by Crippen LogP contribution is -2.37. The van der Waals surface area contributed by atoms with Crippen molar-refractivity contribution in [3.8, 4) is 0 Å². The Hall–Kier alpha value is -0.870. The molecule has 1 saturated carbocycles. The van der Waals surface area contributed by atoms with Crippen LogP contribution < -0.4 is 5.73 Å². The number of esters is 1. The maximum Gasteiger partial charge on any atom is 0.327 e. The summed E-state index contributed by atoms with van der Waals surface area (Å²) in [6, 6.07) is 7.90. The minimum Gasteiger partial charge on any atom is -0.462 e. The topological polar surface area (TPSA) is 52.3 Å². The maximum absolute atomic E-state index is 11.8. The van der Waals surface area contributed by atoms with Gasteiger partial charge in [0.25, 0.3) is 0 Å². The highest BCUT2D eigenvalue weighted by Crippen LogP contribution is 2.50. The third kappa shape index (κ3) is 2.53. The molecule has 1 aliphatic carbocycles. The summed E-state index contributed by atoms with van der Waals surface area (Å²) in [5, 5.41) is 0. The van der Waals surface area contributed by atoms with Gasteiger partial charge in [0.15, 0.2) is 0 Å². The number of benzene rings is 1. The zero-order valence-corrected chi connectivity index (χ0v) is 11.5. The summed E-state index contributed by atoms with van der Waals surface area (Å²) in [6.45, 7) is 3.66. The summed E-state index contributed by atoms with van der Waals surface area (Å²) in [6.07, 6.45) is 0.543. The highest BCUT2D eigenvalue weighted by atomic mass is 79.9. The van der Waals surface area contributed by atoms with E-state index in [-0.39, 0.29) is 18.0 Å². The summed E-state index contributed by atoms with van der Waals surface area (Å²) >= 11 is 3.42. The molecule has 3 nitrogen and oxygen atoms in total. The molecular weight excluding hydrogens is 282 g/mol. The van der Waals surface area contributed by atoms with Crippen molar-refractivity contribution in [2.75, 3.05) is 0 Å². The second-order valence-corrected chi connectivity index (χ2v) is 5.72. The van der Waals surface area contributed by atoms with E-state index in [9.17, 15) is 4.79 Å². The molecule has 2 rings (SSSR count). The molecule has 1 aromatic rings. The predicted molar refractivity (Wildman–Crippen MR) is 69.6 cm³/mol. The Morgan fingerprint density at radius 3 is 2.88 bits per heavy atom. The SMILES string of the molecule is CC(C)OC(=O)C1(N)CC1c1cccc(Br)c1. The molecule has 0 amide bonds. The number of rotatable bonds is 3. The minimum absolute atomic E-state index is 0.0752. The molecule has 0 spiro atoms. The molecule has 1 aromatic carbocycles. The van der Waals surface area contributed by atoms with Gasteiger partial charge >= 0.3 is 5.97 Å². The molecule has 0 aliphatic heterocycles. The van der Waals surface area contributed by atoms with E-state index in [4.69, 9.17) is 10.5 Å². The first-order chi connectivity index (χ1) is 7.93. The van der Waals surface area contributed by atoms with E-state index in [2.05, 4.69) is 15.9 Å². The molecule has 0 radical (unpaired) electrons. The van der Waals surface area contributed by atoms with Crippen LogP contribution in [0.4, 0.5) is 0 Å². The van der Waals surface area contributed by atoms with Gasteiger partial charge in [0.05, 0.1) is 6.10 Å². The molecule has 1 aliphatic rings. The highest BCUT2D eigenvalue weighted by molar-refractivity contribution is 9.10. The van der Waals surface area contributed by atoms with E-state index in [1.165, 1.54) is 0 Å². The van der Waals surface area contributed by atoms with Crippen molar-refractivity contribution in [2.45, 2.75) is 37.8 Å². The second kappa shape index (κ2) is 4.42. The number of halogens is 1. The van der Waals surface area contributed by atoms with Crippen LogP contribution >= 0.6 is 15.9 Å². The highest BCUT2D eigenvalue weighted by Gasteiger charge is 2.59. The van der Waals surface area contributed by atoms with Gasteiger partial charge in [0, 0.05) is 10.4 Å². The third-order valence-electron chi connectivity index (χ3n) is 2.98. The van der Waals surface area contributed by atoms with Gasteiger partial charge in [-0.15, -0.1) is 0 Å². The number of carbonyl (C=O) groups excluding carboxylic acids is 1. The lowest BCUT2D eigenvalue weighted by atomic mass is 10.1. The first-order valence-electron chi connectivity index (χ1n) is 5.69. The largest absolute Gasteiger partial charge is 0.462 e. The Morgan fingerprint density at radius 2 is 2.29 bits per heavy atom. The normalized spacial score (nSPS) is 27.0. The van der Waals surface area contributed by atoms with Crippen LogP contribution in [-0.4, -0.2) is 17.6 Å².